The third-order valence-corrected chi connectivity index (χ3v) is 6.90. The van der Waals surface area contributed by atoms with Crippen molar-refractivity contribution in [1.29, 1.82) is 0 Å². The van der Waals surface area contributed by atoms with E-state index >= 15 is 0 Å². The van der Waals surface area contributed by atoms with Crippen LogP contribution in [0.25, 0.3) is 0 Å². The Balaban J connectivity index is 1.70. The molecule has 0 heterocycles. The number of ether oxygens (including phenoxy) is 1. The smallest absolute Gasteiger partial charge is 0.251 e. The molecule has 3 aromatic carbocycles. The fourth-order valence-electron chi connectivity index (χ4n) is 3.59. The van der Waals surface area contributed by atoms with E-state index in [0.717, 1.165) is 28.0 Å². The van der Waals surface area contributed by atoms with E-state index < -0.39 is 10.0 Å². The van der Waals surface area contributed by atoms with E-state index in [-0.39, 0.29) is 18.5 Å². The van der Waals surface area contributed by atoms with Gasteiger partial charge in [-0.25, -0.2) is 8.42 Å². The van der Waals surface area contributed by atoms with Crippen LogP contribution in [0.2, 0.25) is 0 Å². The van der Waals surface area contributed by atoms with E-state index in [1.165, 1.54) is 10.6 Å². The van der Waals surface area contributed by atoms with Crippen molar-refractivity contribution < 1.29 is 17.9 Å². The first kappa shape index (κ1) is 25.3. The monoisotopic (exact) mass is 480 g/mol. The van der Waals surface area contributed by atoms with Gasteiger partial charge in [-0.1, -0.05) is 30.3 Å². The van der Waals surface area contributed by atoms with Crippen LogP contribution >= 0.6 is 0 Å². The number of anilines is 1. The molecule has 0 aromatic heterocycles. The Hall–Kier alpha value is -3.32. The highest BCUT2D eigenvalue weighted by Gasteiger charge is 2.19. The lowest BCUT2D eigenvalue weighted by atomic mass is 10.1. The maximum Gasteiger partial charge on any atom is 0.251 e. The first-order valence-corrected chi connectivity index (χ1v) is 13.1. The molecule has 3 rings (SSSR count). The normalized spacial score (nSPS) is 12.1. The van der Waals surface area contributed by atoms with Gasteiger partial charge in [0, 0.05) is 5.56 Å². The molecule has 0 aliphatic carbocycles. The van der Waals surface area contributed by atoms with Gasteiger partial charge in [0.2, 0.25) is 10.0 Å². The zero-order chi connectivity index (χ0) is 24.9. The number of sulfonamides is 1. The minimum atomic E-state index is -3.48. The third kappa shape index (κ3) is 6.38. The Morgan fingerprint density at radius 3 is 2.18 bits per heavy atom. The van der Waals surface area contributed by atoms with Gasteiger partial charge >= 0.3 is 0 Å². The van der Waals surface area contributed by atoms with Gasteiger partial charge in [0.15, 0.2) is 0 Å². The summed E-state index contributed by atoms with van der Waals surface area (Å²) in [7, 11) is -3.48. The van der Waals surface area contributed by atoms with Crippen LogP contribution in [0.15, 0.2) is 66.7 Å². The van der Waals surface area contributed by atoms with Crippen LogP contribution in [0.4, 0.5) is 5.69 Å². The first-order chi connectivity index (χ1) is 16.1. The van der Waals surface area contributed by atoms with E-state index in [0.29, 0.717) is 17.9 Å². The molecule has 0 saturated heterocycles. The van der Waals surface area contributed by atoms with Crippen LogP contribution in [0.1, 0.15) is 52.5 Å². The molecule has 180 valence electrons. The summed E-state index contributed by atoms with van der Waals surface area (Å²) in [6, 6.07) is 20.1. The standard InChI is InChI=1S/C27H32N2O4S/c1-6-33-26-15-12-23(13-16-26)21(4)28-27(30)24-10-8-22(9-11-24)18-29(34(5,31)32)25-14-7-19(2)20(3)17-25/h7-17,21H,6,18H2,1-5H3,(H,28,30). The predicted octanol–water partition coefficient (Wildman–Crippen LogP) is 5.16. The van der Waals surface area contributed by atoms with E-state index in [4.69, 9.17) is 4.74 Å². The first-order valence-electron chi connectivity index (χ1n) is 11.3. The minimum absolute atomic E-state index is 0.173. The molecule has 1 amide bonds. The Morgan fingerprint density at radius 1 is 0.971 bits per heavy atom. The summed E-state index contributed by atoms with van der Waals surface area (Å²) in [4.78, 5) is 12.7. The van der Waals surface area contributed by atoms with Crippen molar-refractivity contribution in [1.82, 2.24) is 5.32 Å². The average Bonchev–Trinajstić information content (AvgIpc) is 2.79. The molecule has 0 spiro atoms. The van der Waals surface area contributed by atoms with Crippen molar-refractivity contribution in [2.75, 3.05) is 17.2 Å². The highest BCUT2D eigenvalue weighted by atomic mass is 32.2. The fourth-order valence-corrected chi connectivity index (χ4v) is 4.47. The van der Waals surface area contributed by atoms with Gasteiger partial charge in [0.05, 0.1) is 31.1 Å². The van der Waals surface area contributed by atoms with Crippen LogP contribution in [0, 0.1) is 13.8 Å². The minimum Gasteiger partial charge on any atom is -0.494 e. The molecule has 1 N–H and O–H groups in total. The van der Waals surface area contributed by atoms with Crippen LogP contribution in [-0.2, 0) is 16.6 Å². The van der Waals surface area contributed by atoms with Crippen molar-refractivity contribution in [3.05, 3.63) is 94.5 Å². The number of hydrogen-bond donors (Lipinski definition) is 1. The van der Waals surface area contributed by atoms with E-state index in [1.54, 1.807) is 24.3 Å². The third-order valence-electron chi connectivity index (χ3n) is 5.76. The predicted molar refractivity (Wildman–Crippen MR) is 137 cm³/mol. The van der Waals surface area contributed by atoms with E-state index in [9.17, 15) is 13.2 Å². The van der Waals surface area contributed by atoms with Gasteiger partial charge in [-0.15, -0.1) is 0 Å². The Morgan fingerprint density at radius 2 is 1.62 bits per heavy atom. The van der Waals surface area contributed by atoms with Crippen molar-refractivity contribution in [2.45, 2.75) is 40.3 Å². The molecular weight excluding hydrogens is 448 g/mol. The lowest BCUT2D eigenvalue weighted by molar-refractivity contribution is 0.0940. The number of rotatable bonds is 9. The highest BCUT2D eigenvalue weighted by Crippen LogP contribution is 2.24. The zero-order valence-corrected chi connectivity index (χ0v) is 21.1. The molecule has 0 fully saturated rings. The largest absolute Gasteiger partial charge is 0.494 e. The summed E-state index contributed by atoms with van der Waals surface area (Å²) in [5, 5.41) is 3.00. The zero-order valence-electron chi connectivity index (χ0n) is 20.3. The van der Waals surface area contributed by atoms with E-state index in [1.807, 2.05) is 70.2 Å². The molecule has 0 aliphatic heterocycles. The Labute approximate surface area is 202 Å². The van der Waals surface area contributed by atoms with Gasteiger partial charge < -0.3 is 10.1 Å². The van der Waals surface area contributed by atoms with E-state index in [2.05, 4.69) is 5.32 Å². The topological polar surface area (TPSA) is 75.7 Å². The molecule has 0 saturated carbocycles. The summed E-state index contributed by atoms with van der Waals surface area (Å²) in [6.07, 6.45) is 1.20. The van der Waals surface area contributed by atoms with Crippen LogP contribution in [0.5, 0.6) is 5.75 Å². The number of amides is 1. The molecule has 34 heavy (non-hydrogen) atoms. The molecule has 1 atom stereocenters. The number of aryl methyl sites for hydroxylation is 2. The average molecular weight is 481 g/mol. The van der Waals surface area contributed by atoms with Gasteiger partial charge in [-0.05, 0) is 86.3 Å². The van der Waals surface area contributed by atoms with Crippen LogP contribution in [0.3, 0.4) is 0 Å². The fraction of sp³-hybridized carbons (Fsp3) is 0.296. The molecule has 1 unspecified atom stereocenters. The Kier molecular flexibility index (Phi) is 7.99. The van der Waals surface area contributed by atoms with Crippen molar-refractivity contribution in [3.8, 4) is 5.75 Å². The Bertz CT molecular complexity index is 1240. The second-order valence-electron chi connectivity index (χ2n) is 8.43. The summed E-state index contributed by atoms with van der Waals surface area (Å²) >= 11 is 0. The van der Waals surface area contributed by atoms with Gasteiger partial charge in [0.1, 0.15) is 5.75 Å². The van der Waals surface area contributed by atoms with Crippen molar-refractivity contribution in [3.63, 3.8) is 0 Å². The van der Waals surface area contributed by atoms with Crippen molar-refractivity contribution in [2.24, 2.45) is 0 Å². The van der Waals surface area contributed by atoms with Crippen LogP contribution in [-0.4, -0.2) is 27.2 Å². The number of benzene rings is 3. The van der Waals surface area contributed by atoms with Crippen molar-refractivity contribution >= 4 is 21.6 Å². The SMILES string of the molecule is CCOc1ccc(C(C)NC(=O)c2ccc(CN(c3ccc(C)c(C)c3)S(C)(=O)=O)cc2)cc1. The highest BCUT2D eigenvalue weighted by molar-refractivity contribution is 7.92. The molecular formula is C27H32N2O4S. The second kappa shape index (κ2) is 10.7. The summed E-state index contributed by atoms with van der Waals surface area (Å²) < 4.78 is 31.8. The maximum absolute atomic E-state index is 12.7. The molecule has 0 bridgehead atoms. The summed E-state index contributed by atoms with van der Waals surface area (Å²) in [6.45, 7) is 8.60. The molecule has 0 aliphatic rings. The molecule has 6 nitrogen and oxygen atoms in total. The second-order valence-corrected chi connectivity index (χ2v) is 10.3. The quantitative estimate of drug-likeness (QED) is 0.459. The molecule has 7 heteroatoms. The number of carbonyl (C=O) groups excluding carboxylic acids is 1. The maximum atomic E-state index is 12.7. The summed E-state index contributed by atoms with van der Waals surface area (Å²) in [5.41, 5.74) is 5.03. The van der Waals surface area contributed by atoms with Crippen LogP contribution < -0.4 is 14.4 Å². The number of nitrogens with one attached hydrogen (secondary N) is 1. The van der Waals surface area contributed by atoms with Gasteiger partial charge in [0.25, 0.3) is 5.91 Å². The summed E-state index contributed by atoms with van der Waals surface area (Å²) in [5.74, 6) is 0.603. The molecule has 3 aromatic rings. The van der Waals surface area contributed by atoms with Gasteiger partial charge in [-0.3, -0.25) is 9.10 Å². The lowest BCUT2D eigenvalue weighted by Crippen LogP contribution is -2.29. The van der Waals surface area contributed by atoms with Gasteiger partial charge in [-0.2, -0.15) is 0 Å². The number of nitrogens with zero attached hydrogens (tertiary/aromatic N) is 1. The molecule has 0 radical (unpaired) electrons. The number of carbonyl (C=O) groups is 1. The lowest BCUT2D eigenvalue weighted by Gasteiger charge is -2.23. The number of hydrogen-bond acceptors (Lipinski definition) is 4.